The van der Waals surface area contributed by atoms with Crippen LogP contribution in [-0.2, 0) is 11.3 Å². The molecule has 3 heteroatoms. The summed E-state index contributed by atoms with van der Waals surface area (Å²) in [7, 11) is 1.69. The van der Waals surface area contributed by atoms with Gasteiger partial charge in [-0.25, -0.2) is 0 Å². The van der Waals surface area contributed by atoms with Crippen LogP contribution in [0.3, 0.4) is 0 Å². The standard InChI is InChI=1S/C15H23NO2/c1-12(8-9-16-14-6-7-14)18-11-13-4-3-5-15(10-13)17-2/h3-5,10,12,14,16H,6-9,11H2,1-2H3. The molecule has 0 spiro atoms. The van der Waals surface area contributed by atoms with E-state index in [4.69, 9.17) is 9.47 Å². The smallest absolute Gasteiger partial charge is 0.119 e. The molecule has 3 nitrogen and oxygen atoms in total. The Labute approximate surface area is 109 Å². The third kappa shape index (κ3) is 4.67. The number of rotatable bonds is 8. The van der Waals surface area contributed by atoms with Crippen molar-refractivity contribution < 1.29 is 9.47 Å². The van der Waals surface area contributed by atoms with Crippen molar-refractivity contribution >= 4 is 0 Å². The average molecular weight is 249 g/mol. The van der Waals surface area contributed by atoms with Crippen molar-refractivity contribution in [2.45, 2.75) is 44.9 Å². The largest absolute Gasteiger partial charge is 0.497 e. The lowest BCUT2D eigenvalue weighted by atomic mass is 10.2. The van der Waals surface area contributed by atoms with E-state index in [0.717, 1.165) is 30.3 Å². The molecule has 0 amide bonds. The van der Waals surface area contributed by atoms with Gasteiger partial charge >= 0.3 is 0 Å². The fourth-order valence-electron chi connectivity index (χ4n) is 1.86. The van der Waals surface area contributed by atoms with Crippen molar-refractivity contribution in [2.24, 2.45) is 0 Å². The quantitative estimate of drug-likeness (QED) is 0.768. The summed E-state index contributed by atoms with van der Waals surface area (Å²) in [4.78, 5) is 0. The monoisotopic (exact) mass is 249 g/mol. The Morgan fingerprint density at radius 3 is 2.94 bits per heavy atom. The summed E-state index contributed by atoms with van der Waals surface area (Å²) in [6.45, 7) is 3.85. The highest BCUT2D eigenvalue weighted by Crippen LogP contribution is 2.18. The van der Waals surface area contributed by atoms with Gasteiger partial charge in [0.1, 0.15) is 5.75 Å². The van der Waals surface area contributed by atoms with E-state index in [1.807, 2.05) is 18.2 Å². The van der Waals surface area contributed by atoms with Gasteiger partial charge in [-0.3, -0.25) is 0 Å². The lowest BCUT2D eigenvalue weighted by molar-refractivity contribution is 0.0476. The Hall–Kier alpha value is -1.06. The highest BCUT2D eigenvalue weighted by molar-refractivity contribution is 5.27. The Balaban J connectivity index is 1.65. The predicted molar refractivity (Wildman–Crippen MR) is 72.9 cm³/mol. The zero-order valence-electron chi connectivity index (χ0n) is 11.3. The zero-order chi connectivity index (χ0) is 12.8. The summed E-state index contributed by atoms with van der Waals surface area (Å²) in [6, 6.07) is 8.83. The molecular weight excluding hydrogens is 226 g/mol. The topological polar surface area (TPSA) is 30.5 Å². The van der Waals surface area contributed by atoms with Gasteiger partial charge in [0.25, 0.3) is 0 Å². The van der Waals surface area contributed by atoms with Gasteiger partial charge in [-0.05, 0) is 50.4 Å². The van der Waals surface area contributed by atoms with Crippen LogP contribution in [0.15, 0.2) is 24.3 Å². The third-order valence-corrected chi connectivity index (χ3v) is 3.23. The number of nitrogens with one attached hydrogen (secondary N) is 1. The number of benzene rings is 1. The van der Waals surface area contributed by atoms with E-state index < -0.39 is 0 Å². The van der Waals surface area contributed by atoms with E-state index in [-0.39, 0.29) is 0 Å². The predicted octanol–water partition coefficient (Wildman–Crippen LogP) is 2.74. The molecule has 1 unspecified atom stereocenters. The van der Waals surface area contributed by atoms with Crippen molar-refractivity contribution in [1.29, 1.82) is 0 Å². The third-order valence-electron chi connectivity index (χ3n) is 3.23. The second kappa shape index (κ2) is 6.76. The first-order valence-corrected chi connectivity index (χ1v) is 6.76. The van der Waals surface area contributed by atoms with Gasteiger partial charge in [0.15, 0.2) is 0 Å². The minimum absolute atomic E-state index is 0.294. The molecular formula is C15H23NO2. The van der Waals surface area contributed by atoms with Gasteiger partial charge < -0.3 is 14.8 Å². The molecule has 18 heavy (non-hydrogen) atoms. The maximum atomic E-state index is 5.83. The van der Waals surface area contributed by atoms with Crippen molar-refractivity contribution in [3.05, 3.63) is 29.8 Å². The SMILES string of the molecule is COc1cccc(COC(C)CCNC2CC2)c1. The molecule has 0 radical (unpaired) electrons. The molecule has 2 rings (SSSR count). The van der Waals surface area contributed by atoms with Gasteiger partial charge in [-0.2, -0.15) is 0 Å². The molecule has 0 heterocycles. The number of hydrogen-bond acceptors (Lipinski definition) is 3. The maximum absolute atomic E-state index is 5.83. The highest BCUT2D eigenvalue weighted by Gasteiger charge is 2.19. The molecule has 1 aliphatic carbocycles. The van der Waals surface area contributed by atoms with Crippen LogP contribution in [0.1, 0.15) is 31.7 Å². The Kier molecular flexibility index (Phi) is 5.02. The van der Waals surface area contributed by atoms with Crippen LogP contribution < -0.4 is 10.1 Å². The van der Waals surface area contributed by atoms with Crippen LogP contribution in [0, 0.1) is 0 Å². The fourth-order valence-corrected chi connectivity index (χ4v) is 1.86. The summed E-state index contributed by atoms with van der Waals surface area (Å²) in [5, 5.41) is 3.50. The van der Waals surface area contributed by atoms with Gasteiger partial charge in [0.2, 0.25) is 0 Å². The number of hydrogen-bond donors (Lipinski definition) is 1. The Bertz CT molecular complexity index is 363. The van der Waals surface area contributed by atoms with E-state index in [1.54, 1.807) is 7.11 Å². The van der Waals surface area contributed by atoms with E-state index in [9.17, 15) is 0 Å². The lowest BCUT2D eigenvalue weighted by Gasteiger charge is -2.13. The van der Waals surface area contributed by atoms with Gasteiger partial charge in [-0.1, -0.05) is 12.1 Å². The van der Waals surface area contributed by atoms with Crippen molar-refractivity contribution in [3.8, 4) is 5.75 Å². The van der Waals surface area contributed by atoms with Gasteiger partial charge in [0.05, 0.1) is 19.8 Å². The number of methoxy groups -OCH3 is 1. The first-order valence-electron chi connectivity index (χ1n) is 6.76. The minimum atomic E-state index is 0.294. The molecule has 0 bridgehead atoms. The molecule has 0 aliphatic heterocycles. The molecule has 1 aromatic carbocycles. The summed E-state index contributed by atoms with van der Waals surface area (Å²) >= 11 is 0. The molecule has 1 aliphatic rings. The summed E-state index contributed by atoms with van der Waals surface area (Å²) < 4.78 is 11.0. The first kappa shape index (κ1) is 13.4. The molecule has 0 saturated heterocycles. The molecule has 1 saturated carbocycles. The van der Waals surface area contributed by atoms with Crippen LogP contribution in [0.2, 0.25) is 0 Å². The minimum Gasteiger partial charge on any atom is -0.497 e. The van der Waals surface area contributed by atoms with E-state index in [0.29, 0.717) is 12.7 Å². The van der Waals surface area contributed by atoms with Crippen LogP contribution >= 0.6 is 0 Å². The highest BCUT2D eigenvalue weighted by atomic mass is 16.5. The molecule has 1 N–H and O–H groups in total. The van der Waals surface area contributed by atoms with Crippen molar-refractivity contribution in [3.63, 3.8) is 0 Å². The molecule has 1 atom stereocenters. The van der Waals surface area contributed by atoms with E-state index in [2.05, 4.69) is 18.3 Å². The molecule has 100 valence electrons. The van der Waals surface area contributed by atoms with Gasteiger partial charge in [-0.15, -0.1) is 0 Å². The van der Waals surface area contributed by atoms with Crippen molar-refractivity contribution in [1.82, 2.24) is 5.32 Å². The zero-order valence-corrected chi connectivity index (χ0v) is 11.3. The lowest BCUT2D eigenvalue weighted by Crippen LogP contribution is -2.22. The second-order valence-electron chi connectivity index (χ2n) is 4.99. The normalized spacial score (nSPS) is 16.6. The second-order valence-corrected chi connectivity index (χ2v) is 4.99. The van der Waals surface area contributed by atoms with Crippen LogP contribution in [0.25, 0.3) is 0 Å². The van der Waals surface area contributed by atoms with Crippen LogP contribution in [-0.4, -0.2) is 25.8 Å². The van der Waals surface area contributed by atoms with E-state index >= 15 is 0 Å². The Morgan fingerprint density at radius 2 is 2.22 bits per heavy atom. The molecule has 0 aromatic heterocycles. The van der Waals surface area contributed by atoms with Gasteiger partial charge in [0, 0.05) is 6.04 Å². The van der Waals surface area contributed by atoms with Crippen LogP contribution in [0.5, 0.6) is 5.75 Å². The fraction of sp³-hybridized carbons (Fsp3) is 0.600. The molecule has 1 aromatic rings. The summed E-state index contributed by atoms with van der Waals surface area (Å²) in [5.41, 5.74) is 1.16. The Morgan fingerprint density at radius 1 is 1.39 bits per heavy atom. The average Bonchev–Trinajstić information content (AvgIpc) is 3.21. The number of ether oxygens (including phenoxy) is 2. The summed E-state index contributed by atoms with van der Waals surface area (Å²) in [6.07, 6.45) is 4.06. The van der Waals surface area contributed by atoms with Crippen molar-refractivity contribution in [2.75, 3.05) is 13.7 Å². The summed E-state index contributed by atoms with van der Waals surface area (Å²) in [5.74, 6) is 0.888. The first-order chi connectivity index (χ1) is 8.78. The van der Waals surface area contributed by atoms with E-state index in [1.165, 1.54) is 12.8 Å². The van der Waals surface area contributed by atoms with Crippen LogP contribution in [0.4, 0.5) is 0 Å². The maximum Gasteiger partial charge on any atom is 0.119 e. The molecule has 1 fully saturated rings.